The molecule has 2 N–H and O–H groups in total. The van der Waals surface area contributed by atoms with Crippen molar-refractivity contribution in [3.05, 3.63) is 37.3 Å². The van der Waals surface area contributed by atoms with Crippen molar-refractivity contribution in [2.75, 3.05) is 0 Å². The van der Waals surface area contributed by atoms with E-state index >= 15 is 0 Å². The van der Waals surface area contributed by atoms with Crippen LogP contribution in [0.2, 0.25) is 0 Å². The monoisotopic (exact) mass is 661 g/mol. The third kappa shape index (κ3) is 57.7. The molecule has 46 heavy (non-hydrogen) atoms. The van der Waals surface area contributed by atoms with Gasteiger partial charge in [0.2, 0.25) is 12.1 Å². The van der Waals surface area contributed by atoms with Crippen LogP contribution in [-0.2, 0) is 19.1 Å². The van der Waals surface area contributed by atoms with Gasteiger partial charge in [-0.05, 0) is 57.6 Å². The van der Waals surface area contributed by atoms with Crippen LogP contribution >= 0.6 is 0 Å². The summed E-state index contributed by atoms with van der Waals surface area (Å²) in [5.74, 6) is -0.742. The van der Waals surface area contributed by atoms with Gasteiger partial charge >= 0.3 is 0 Å². The SMILES string of the molecule is C.C.C.C.C=CCCCCCCCC.CC(=O)C(O)O.CCCCCCCCC=COC(OC=CCCCCCCCC)C(C)=O. The molecule has 0 aromatic carbocycles. The van der Waals surface area contributed by atoms with Crippen LogP contribution in [0.3, 0.4) is 0 Å². The smallest absolute Gasteiger partial charge is 0.299 e. The molecule has 0 aliphatic heterocycles. The fourth-order valence-corrected chi connectivity index (χ4v) is 3.77. The number of Topliss-reactive ketones (excluding diaryl/α,β-unsaturated/α-hetero) is 2. The average molecular weight is 661 g/mol. The van der Waals surface area contributed by atoms with E-state index in [0.717, 1.165) is 19.8 Å². The number of hydrogen-bond acceptors (Lipinski definition) is 6. The van der Waals surface area contributed by atoms with Gasteiger partial charge in [0.1, 0.15) is 0 Å². The van der Waals surface area contributed by atoms with Crippen molar-refractivity contribution < 1.29 is 29.3 Å². The van der Waals surface area contributed by atoms with Crippen LogP contribution in [-0.4, -0.2) is 34.4 Å². The van der Waals surface area contributed by atoms with Gasteiger partial charge < -0.3 is 19.7 Å². The Morgan fingerprint density at radius 3 is 1.09 bits per heavy atom. The molecule has 0 saturated carbocycles. The summed E-state index contributed by atoms with van der Waals surface area (Å²) in [5.41, 5.74) is 0. The van der Waals surface area contributed by atoms with Crippen LogP contribution in [0.25, 0.3) is 0 Å². The summed E-state index contributed by atoms with van der Waals surface area (Å²) in [4.78, 5) is 21.2. The lowest BCUT2D eigenvalue weighted by molar-refractivity contribution is -0.145. The van der Waals surface area contributed by atoms with Crippen LogP contribution in [0.5, 0.6) is 0 Å². The van der Waals surface area contributed by atoms with Gasteiger partial charge in [-0.3, -0.25) is 9.59 Å². The lowest BCUT2D eigenvalue weighted by Crippen LogP contribution is -2.20. The maximum absolute atomic E-state index is 11.6. The van der Waals surface area contributed by atoms with E-state index < -0.39 is 18.4 Å². The molecule has 0 atom stereocenters. The highest BCUT2D eigenvalue weighted by atomic mass is 16.7. The number of allylic oxidation sites excluding steroid dienone is 3. The van der Waals surface area contributed by atoms with Gasteiger partial charge in [-0.25, -0.2) is 0 Å². The maximum atomic E-state index is 11.6. The molecule has 0 aromatic rings. The van der Waals surface area contributed by atoms with Crippen LogP contribution in [0.15, 0.2) is 37.3 Å². The second-order valence-electron chi connectivity index (χ2n) is 10.9. The van der Waals surface area contributed by atoms with Crippen molar-refractivity contribution in [2.24, 2.45) is 0 Å². The summed E-state index contributed by atoms with van der Waals surface area (Å²) >= 11 is 0. The van der Waals surface area contributed by atoms with E-state index in [9.17, 15) is 9.59 Å². The average Bonchev–Trinajstić information content (AvgIpc) is 2.96. The van der Waals surface area contributed by atoms with Gasteiger partial charge in [0, 0.05) is 6.92 Å². The Labute approximate surface area is 289 Å². The Bertz CT molecular complexity index is 599. The third-order valence-corrected chi connectivity index (χ3v) is 6.50. The van der Waals surface area contributed by atoms with Crippen LogP contribution in [0.1, 0.15) is 199 Å². The van der Waals surface area contributed by atoms with Gasteiger partial charge in [0.25, 0.3) is 6.29 Å². The number of hydrogen-bond donors (Lipinski definition) is 2. The summed E-state index contributed by atoms with van der Waals surface area (Å²) < 4.78 is 10.8. The third-order valence-electron chi connectivity index (χ3n) is 6.50. The second-order valence-corrected chi connectivity index (χ2v) is 10.9. The first kappa shape index (κ1) is 59.5. The molecule has 0 spiro atoms. The van der Waals surface area contributed by atoms with E-state index in [1.54, 1.807) is 12.5 Å². The Kier molecular flexibility index (Phi) is 68.0. The Morgan fingerprint density at radius 1 is 0.543 bits per heavy atom. The lowest BCUT2D eigenvalue weighted by atomic mass is 10.1. The minimum Gasteiger partial charge on any atom is -0.456 e. The number of aliphatic hydroxyl groups is 2. The lowest BCUT2D eigenvalue weighted by Gasteiger charge is -2.12. The van der Waals surface area contributed by atoms with Crippen molar-refractivity contribution in [1.29, 1.82) is 0 Å². The molecule has 6 nitrogen and oxygen atoms in total. The molecule has 0 aromatic heterocycles. The highest BCUT2D eigenvalue weighted by Crippen LogP contribution is 2.09. The number of aliphatic hydroxyl groups excluding tert-OH is 1. The first-order valence-corrected chi connectivity index (χ1v) is 16.9. The van der Waals surface area contributed by atoms with E-state index in [0.29, 0.717) is 0 Å². The van der Waals surface area contributed by atoms with Gasteiger partial charge in [-0.2, -0.15) is 0 Å². The topological polar surface area (TPSA) is 93.1 Å². The highest BCUT2D eigenvalue weighted by molar-refractivity contribution is 5.79. The molecule has 0 fully saturated rings. The van der Waals surface area contributed by atoms with E-state index in [2.05, 4.69) is 27.4 Å². The summed E-state index contributed by atoms with van der Waals surface area (Å²) in [6.07, 6.45) is 33.5. The molecule has 0 rings (SSSR count). The minimum absolute atomic E-state index is 0. The van der Waals surface area contributed by atoms with Crippen molar-refractivity contribution >= 4 is 11.6 Å². The molecular formula is C40H84O6. The number of ether oxygens (including phenoxy) is 2. The number of ketones is 2. The fraction of sp³-hybridized carbons (Fsp3) is 0.800. The Balaban J connectivity index is -0.000000127. The van der Waals surface area contributed by atoms with Gasteiger partial charge in [-0.1, -0.05) is 153 Å². The zero-order chi connectivity index (χ0) is 32.1. The Hall–Kier alpha value is -1.92. The summed E-state index contributed by atoms with van der Waals surface area (Å²) in [7, 11) is 0. The molecule has 0 saturated heterocycles. The maximum Gasteiger partial charge on any atom is 0.299 e. The number of carbonyl (C=O) groups is 2. The zero-order valence-corrected chi connectivity index (χ0v) is 28.1. The summed E-state index contributed by atoms with van der Waals surface area (Å²) in [5, 5.41) is 15.7. The largest absolute Gasteiger partial charge is 0.456 e. The van der Waals surface area contributed by atoms with Crippen molar-refractivity contribution in [2.45, 2.75) is 212 Å². The van der Waals surface area contributed by atoms with E-state index in [1.165, 1.54) is 129 Å². The molecule has 0 unspecified atom stereocenters. The van der Waals surface area contributed by atoms with Crippen LogP contribution < -0.4 is 0 Å². The molecular weight excluding hydrogens is 576 g/mol. The molecule has 0 amide bonds. The quantitative estimate of drug-likeness (QED) is 0.0394. The van der Waals surface area contributed by atoms with Crippen LogP contribution in [0, 0.1) is 0 Å². The zero-order valence-electron chi connectivity index (χ0n) is 28.1. The van der Waals surface area contributed by atoms with E-state index in [-0.39, 0.29) is 35.5 Å². The molecule has 0 aliphatic carbocycles. The first-order chi connectivity index (χ1) is 20.3. The number of carbonyl (C=O) groups excluding carboxylic acids is 2. The van der Waals surface area contributed by atoms with Gasteiger partial charge in [-0.15, -0.1) is 6.58 Å². The fourth-order valence-electron chi connectivity index (χ4n) is 3.77. The van der Waals surface area contributed by atoms with Gasteiger partial charge in [0.15, 0.2) is 5.78 Å². The molecule has 0 aliphatic rings. The molecule has 6 heteroatoms. The Morgan fingerprint density at radius 2 is 0.826 bits per heavy atom. The van der Waals surface area contributed by atoms with Crippen molar-refractivity contribution in [3.63, 3.8) is 0 Å². The predicted molar refractivity (Wildman–Crippen MR) is 205 cm³/mol. The normalized spacial score (nSPS) is 10.5. The number of rotatable bonds is 27. The van der Waals surface area contributed by atoms with Gasteiger partial charge in [0.05, 0.1) is 12.5 Å². The van der Waals surface area contributed by atoms with E-state index in [1.807, 2.05) is 18.2 Å². The molecule has 0 bridgehead atoms. The molecule has 0 radical (unpaired) electrons. The summed E-state index contributed by atoms with van der Waals surface area (Å²) in [6, 6.07) is 0. The van der Waals surface area contributed by atoms with Crippen molar-refractivity contribution in [3.8, 4) is 0 Å². The van der Waals surface area contributed by atoms with E-state index in [4.69, 9.17) is 19.7 Å². The number of unbranched alkanes of at least 4 members (excludes halogenated alkanes) is 18. The first-order valence-electron chi connectivity index (χ1n) is 16.9. The van der Waals surface area contributed by atoms with Crippen molar-refractivity contribution in [1.82, 2.24) is 0 Å². The summed E-state index contributed by atoms with van der Waals surface area (Å²) in [6.45, 7) is 13.0. The molecule has 280 valence electrons. The predicted octanol–water partition coefficient (Wildman–Crippen LogP) is 12.8. The minimum atomic E-state index is -1.79. The highest BCUT2D eigenvalue weighted by Gasteiger charge is 2.13. The second kappa shape index (κ2) is 52.6. The standard InChI is InChI=1S/C23H42O3.C10H20.C3H6O3.4CH4/c1-4-6-8-10-12-14-16-18-20-25-23(22(3)24)26-21-19-17-15-13-11-9-7-5-2;1-3-5-7-9-10-8-6-4-2;1-2(4)3(5)6;;;;/h18-21,23H,4-17H2,1-3H3;3H,1,4-10H2,2H3;3,5-6H,1H3;4*1H4. The molecule has 0 heterocycles. The van der Waals surface area contributed by atoms with Crippen LogP contribution in [0.4, 0.5) is 0 Å².